The highest BCUT2D eigenvalue weighted by molar-refractivity contribution is 9.10. The predicted octanol–water partition coefficient (Wildman–Crippen LogP) is 1.83. The van der Waals surface area contributed by atoms with Crippen molar-refractivity contribution < 1.29 is 4.52 Å². The highest BCUT2D eigenvalue weighted by atomic mass is 79.9. The van der Waals surface area contributed by atoms with Crippen LogP contribution >= 0.6 is 15.9 Å². The molecule has 0 amide bonds. The predicted molar refractivity (Wildman–Crippen MR) is 61.5 cm³/mol. The summed E-state index contributed by atoms with van der Waals surface area (Å²) < 4.78 is 5.84. The van der Waals surface area contributed by atoms with Gasteiger partial charge in [0, 0.05) is 30.3 Å². The van der Waals surface area contributed by atoms with Crippen LogP contribution in [0, 0.1) is 6.92 Å². The van der Waals surface area contributed by atoms with Crippen molar-refractivity contribution in [3.05, 3.63) is 40.2 Å². The lowest BCUT2D eigenvalue weighted by molar-refractivity contribution is 0.385. The van der Waals surface area contributed by atoms with E-state index in [9.17, 15) is 0 Å². The second-order valence-corrected chi connectivity index (χ2v) is 4.26. The molecule has 0 saturated carbocycles. The summed E-state index contributed by atoms with van der Waals surface area (Å²) in [4.78, 5) is 8.17. The van der Waals surface area contributed by atoms with Gasteiger partial charge in [-0.3, -0.25) is 4.98 Å². The van der Waals surface area contributed by atoms with Gasteiger partial charge in [-0.1, -0.05) is 5.16 Å². The highest BCUT2D eigenvalue weighted by Crippen LogP contribution is 2.09. The van der Waals surface area contributed by atoms with Gasteiger partial charge in [-0.2, -0.15) is 4.98 Å². The Hall–Kier alpha value is -1.27. The first-order chi connectivity index (χ1) is 7.74. The third-order valence-corrected chi connectivity index (χ3v) is 2.38. The van der Waals surface area contributed by atoms with E-state index in [1.165, 1.54) is 0 Å². The Labute approximate surface area is 101 Å². The molecule has 0 fully saturated rings. The second kappa shape index (κ2) is 5.18. The van der Waals surface area contributed by atoms with E-state index in [0.717, 1.165) is 16.6 Å². The average Bonchev–Trinajstić information content (AvgIpc) is 2.64. The van der Waals surface area contributed by atoms with Gasteiger partial charge in [0.2, 0.25) is 5.89 Å². The van der Waals surface area contributed by atoms with Gasteiger partial charge in [-0.15, -0.1) is 0 Å². The Balaban J connectivity index is 1.84. The zero-order valence-electron chi connectivity index (χ0n) is 8.77. The first-order valence-electron chi connectivity index (χ1n) is 4.83. The largest absolute Gasteiger partial charge is 0.340 e. The van der Waals surface area contributed by atoms with Crippen molar-refractivity contribution in [3.63, 3.8) is 0 Å². The monoisotopic (exact) mass is 282 g/mol. The molecule has 0 spiro atoms. The molecule has 2 aromatic rings. The van der Waals surface area contributed by atoms with Crippen LogP contribution in [0.4, 0.5) is 0 Å². The molecule has 0 radical (unpaired) electrons. The lowest BCUT2D eigenvalue weighted by Crippen LogP contribution is -2.13. The van der Waals surface area contributed by atoms with Crippen LogP contribution in [0.3, 0.4) is 0 Å². The van der Waals surface area contributed by atoms with Crippen molar-refractivity contribution in [2.75, 3.05) is 0 Å². The highest BCUT2D eigenvalue weighted by Gasteiger charge is 2.01. The lowest BCUT2D eigenvalue weighted by Gasteiger charge is -2.01. The summed E-state index contributed by atoms with van der Waals surface area (Å²) in [6, 6.07) is 2.02. The number of nitrogens with zero attached hydrogens (tertiary/aromatic N) is 3. The van der Waals surface area contributed by atoms with Gasteiger partial charge >= 0.3 is 0 Å². The molecular weight excluding hydrogens is 272 g/mol. The minimum absolute atomic E-state index is 0.584. The normalized spacial score (nSPS) is 10.6. The number of aromatic nitrogens is 3. The summed E-state index contributed by atoms with van der Waals surface area (Å²) in [7, 11) is 0. The van der Waals surface area contributed by atoms with Crippen LogP contribution in [-0.2, 0) is 13.1 Å². The van der Waals surface area contributed by atoms with Crippen molar-refractivity contribution in [3.8, 4) is 0 Å². The number of rotatable bonds is 4. The van der Waals surface area contributed by atoms with Crippen LogP contribution in [0.15, 0.2) is 27.5 Å². The molecule has 0 aromatic carbocycles. The summed E-state index contributed by atoms with van der Waals surface area (Å²) in [6.45, 7) is 3.08. The molecule has 2 aromatic heterocycles. The summed E-state index contributed by atoms with van der Waals surface area (Å²) in [5.74, 6) is 1.25. The number of aryl methyl sites for hydroxylation is 1. The van der Waals surface area contributed by atoms with Crippen molar-refractivity contribution in [2.24, 2.45) is 0 Å². The summed E-state index contributed by atoms with van der Waals surface area (Å²) >= 11 is 3.37. The van der Waals surface area contributed by atoms with Gasteiger partial charge in [-0.25, -0.2) is 0 Å². The smallest absolute Gasteiger partial charge is 0.223 e. The van der Waals surface area contributed by atoms with E-state index in [-0.39, 0.29) is 0 Å². The molecule has 84 valence electrons. The minimum Gasteiger partial charge on any atom is -0.340 e. The van der Waals surface area contributed by atoms with Crippen LogP contribution in [0.1, 0.15) is 17.3 Å². The standard InChI is InChI=1S/C10H11BrN4O/c1-7-14-10(15-16-7)6-13-4-8-2-9(11)5-12-3-8/h2-3,5,13H,4,6H2,1H3. The zero-order valence-corrected chi connectivity index (χ0v) is 10.4. The topological polar surface area (TPSA) is 63.8 Å². The number of hydrogen-bond acceptors (Lipinski definition) is 5. The maximum absolute atomic E-state index is 4.87. The molecule has 0 bridgehead atoms. The Bertz CT molecular complexity index is 471. The second-order valence-electron chi connectivity index (χ2n) is 3.34. The maximum Gasteiger partial charge on any atom is 0.223 e. The Morgan fingerprint density at radius 2 is 2.25 bits per heavy atom. The van der Waals surface area contributed by atoms with Gasteiger partial charge in [0.25, 0.3) is 0 Å². The van der Waals surface area contributed by atoms with Crippen molar-refractivity contribution in [1.82, 2.24) is 20.4 Å². The maximum atomic E-state index is 4.87. The fraction of sp³-hybridized carbons (Fsp3) is 0.300. The molecule has 0 aliphatic heterocycles. The first kappa shape index (κ1) is 11.2. The van der Waals surface area contributed by atoms with Crippen LogP contribution in [0.5, 0.6) is 0 Å². The van der Waals surface area contributed by atoms with Crippen molar-refractivity contribution in [2.45, 2.75) is 20.0 Å². The van der Waals surface area contributed by atoms with Gasteiger partial charge in [0.15, 0.2) is 5.82 Å². The molecule has 0 atom stereocenters. The van der Waals surface area contributed by atoms with Crippen LogP contribution < -0.4 is 5.32 Å². The molecule has 0 saturated heterocycles. The number of hydrogen-bond donors (Lipinski definition) is 1. The van der Waals surface area contributed by atoms with E-state index in [1.54, 1.807) is 13.1 Å². The Morgan fingerprint density at radius 1 is 1.38 bits per heavy atom. The van der Waals surface area contributed by atoms with E-state index in [2.05, 4.69) is 36.4 Å². The summed E-state index contributed by atoms with van der Waals surface area (Å²) in [5.41, 5.74) is 1.11. The molecule has 0 aliphatic carbocycles. The minimum atomic E-state index is 0.584. The van der Waals surface area contributed by atoms with Crippen molar-refractivity contribution >= 4 is 15.9 Å². The molecule has 16 heavy (non-hydrogen) atoms. The molecule has 6 heteroatoms. The van der Waals surface area contributed by atoms with E-state index < -0.39 is 0 Å². The first-order valence-corrected chi connectivity index (χ1v) is 5.62. The molecule has 1 N–H and O–H groups in total. The molecule has 2 heterocycles. The average molecular weight is 283 g/mol. The summed E-state index contributed by atoms with van der Waals surface area (Å²) in [5, 5.41) is 7.00. The quantitative estimate of drug-likeness (QED) is 0.927. The van der Waals surface area contributed by atoms with Gasteiger partial charge in [0.05, 0.1) is 6.54 Å². The molecule has 5 nitrogen and oxygen atoms in total. The van der Waals surface area contributed by atoms with Crippen LogP contribution in [0.2, 0.25) is 0 Å². The van der Waals surface area contributed by atoms with Crippen molar-refractivity contribution in [1.29, 1.82) is 0 Å². The van der Waals surface area contributed by atoms with Crippen LogP contribution in [-0.4, -0.2) is 15.1 Å². The van der Waals surface area contributed by atoms with E-state index >= 15 is 0 Å². The third kappa shape index (κ3) is 3.11. The van der Waals surface area contributed by atoms with Gasteiger partial charge in [0.1, 0.15) is 0 Å². The molecule has 0 aliphatic rings. The molecule has 0 unspecified atom stereocenters. The number of pyridine rings is 1. The summed E-state index contributed by atoms with van der Waals surface area (Å²) in [6.07, 6.45) is 3.57. The molecule has 2 rings (SSSR count). The van der Waals surface area contributed by atoms with Gasteiger partial charge in [-0.05, 0) is 27.6 Å². The number of nitrogens with one attached hydrogen (secondary N) is 1. The van der Waals surface area contributed by atoms with E-state index in [1.807, 2.05) is 12.3 Å². The van der Waals surface area contributed by atoms with Crippen LogP contribution in [0.25, 0.3) is 0 Å². The van der Waals surface area contributed by atoms with Gasteiger partial charge < -0.3 is 9.84 Å². The Kier molecular flexibility index (Phi) is 3.63. The lowest BCUT2D eigenvalue weighted by atomic mass is 10.3. The zero-order chi connectivity index (χ0) is 11.4. The fourth-order valence-corrected chi connectivity index (χ4v) is 1.70. The SMILES string of the molecule is Cc1nc(CNCc2cncc(Br)c2)no1. The van der Waals surface area contributed by atoms with E-state index in [0.29, 0.717) is 18.3 Å². The fourth-order valence-electron chi connectivity index (χ4n) is 1.28. The van der Waals surface area contributed by atoms with E-state index in [4.69, 9.17) is 4.52 Å². The molecular formula is C10H11BrN4O. The Morgan fingerprint density at radius 3 is 2.94 bits per heavy atom. The third-order valence-electron chi connectivity index (χ3n) is 1.94. The number of halogens is 1.